The Morgan fingerprint density at radius 2 is 1.50 bits per heavy atom. The monoisotopic (exact) mass is 257 g/mol. The van der Waals surface area contributed by atoms with Crippen LogP contribution in [0.2, 0.25) is 0 Å². The summed E-state index contributed by atoms with van der Waals surface area (Å²) >= 11 is -1.78. The Hall–Kier alpha value is -0.146. The second kappa shape index (κ2) is 8.94. The van der Waals surface area contributed by atoms with Gasteiger partial charge in [0.2, 0.25) is 0 Å². The van der Waals surface area contributed by atoms with E-state index in [1.54, 1.807) is 0 Å². The molecule has 0 saturated carbocycles. The van der Waals surface area contributed by atoms with Crippen molar-refractivity contribution in [3.8, 4) is 0 Å². The van der Waals surface area contributed by atoms with Gasteiger partial charge in [0, 0.05) is 0 Å². The van der Waals surface area contributed by atoms with E-state index in [9.17, 15) is 0 Å². The molecular weight excluding hydrogens is 236 g/mol. The molecule has 0 saturated heterocycles. The van der Waals surface area contributed by atoms with E-state index in [0.717, 1.165) is 30.8 Å². The first-order valence-electron chi connectivity index (χ1n) is 6.02. The van der Waals surface area contributed by atoms with Gasteiger partial charge in [-0.1, -0.05) is 0 Å². The van der Waals surface area contributed by atoms with Gasteiger partial charge < -0.3 is 0 Å². The van der Waals surface area contributed by atoms with E-state index in [-0.39, 0.29) is 0 Å². The zero-order valence-corrected chi connectivity index (χ0v) is 11.8. The third kappa shape index (κ3) is 5.81. The van der Waals surface area contributed by atoms with Crippen molar-refractivity contribution in [2.24, 2.45) is 0 Å². The molecule has 0 amide bonds. The molecule has 0 fully saturated rings. The third-order valence-corrected chi connectivity index (χ3v) is 4.86. The van der Waals surface area contributed by atoms with E-state index >= 15 is 0 Å². The van der Waals surface area contributed by atoms with Gasteiger partial charge in [-0.3, -0.25) is 0 Å². The molecule has 2 nitrogen and oxygen atoms in total. The average molecular weight is 257 g/mol. The van der Waals surface area contributed by atoms with Gasteiger partial charge in [0.1, 0.15) is 0 Å². The minimum absolute atomic E-state index is 0.839. The molecule has 1 rings (SSSR count). The van der Waals surface area contributed by atoms with Gasteiger partial charge in [-0.15, -0.1) is 0 Å². The fourth-order valence-electron chi connectivity index (χ4n) is 1.34. The van der Waals surface area contributed by atoms with Crippen molar-refractivity contribution in [1.82, 2.24) is 0 Å². The van der Waals surface area contributed by atoms with E-state index in [2.05, 4.69) is 38.1 Å². The Balaban J connectivity index is 2.42. The molecule has 0 N–H and O–H groups in total. The van der Waals surface area contributed by atoms with Crippen LogP contribution in [0.25, 0.3) is 0 Å². The third-order valence-electron chi connectivity index (χ3n) is 2.13. The molecule has 0 unspecified atom stereocenters. The van der Waals surface area contributed by atoms with E-state index in [0.29, 0.717) is 0 Å². The van der Waals surface area contributed by atoms with Crippen molar-refractivity contribution in [2.45, 2.75) is 31.4 Å². The summed E-state index contributed by atoms with van der Waals surface area (Å²) in [4.78, 5) is 0. The van der Waals surface area contributed by atoms with Crippen LogP contribution in [0.1, 0.15) is 32.3 Å². The summed E-state index contributed by atoms with van der Waals surface area (Å²) in [5.41, 5.74) is 1.34. The van der Waals surface area contributed by atoms with Gasteiger partial charge >= 0.3 is 106 Å². The van der Waals surface area contributed by atoms with Crippen molar-refractivity contribution in [3.63, 3.8) is 0 Å². The summed E-state index contributed by atoms with van der Waals surface area (Å²) in [7, 11) is 0. The van der Waals surface area contributed by atoms with Crippen LogP contribution in [0.4, 0.5) is 0 Å². The summed E-state index contributed by atoms with van der Waals surface area (Å²) in [6, 6.07) is 10.5. The second-order valence-corrected chi connectivity index (χ2v) is 6.35. The van der Waals surface area contributed by atoms with E-state index in [4.69, 9.17) is 6.64 Å². The molecule has 0 atom stereocenters. The van der Waals surface area contributed by atoms with Crippen LogP contribution in [-0.2, 0) is 30.0 Å². The van der Waals surface area contributed by atoms with E-state index < -0.39 is 18.6 Å². The molecule has 3 heteroatoms. The molecule has 0 heterocycles. The maximum atomic E-state index is 5.84. The number of rotatable bonds is 8. The van der Waals surface area contributed by atoms with Gasteiger partial charge in [0.05, 0.1) is 0 Å². The van der Waals surface area contributed by atoms with Gasteiger partial charge in [-0.2, -0.15) is 0 Å². The predicted molar refractivity (Wildman–Crippen MR) is 62.6 cm³/mol. The van der Waals surface area contributed by atoms with Crippen LogP contribution in [0.5, 0.6) is 0 Å². The van der Waals surface area contributed by atoms with Crippen molar-refractivity contribution >= 4 is 0 Å². The first kappa shape index (κ1) is 13.9. The average Bonchev–Trinajstić information content (AvgIpc) is 2.34. The van der Waals surface area contributed by atoms with Gasteiger partial charge in [-0.05, 0) is 0 Å². The summed E-state index contributed by atoms with van der Waals surface area (Å²) in [5, 5.41) is 0. The van der Waals surface area contributed by atoms with Crippen molar-refractivity contribution < 1.29 is 25.3 Å². The summed E-state index contributed by atoms with van der Waals surface area (Å²) < 4.78 is 12.7. The molecule has 0 aromatic heterocycles. The Morgan fingerprint density at radius 3 is 2.00 bits per heavy atom. The molecular formula is C13H21O2Ti. The molecule has 89 valence electrons. The molecule has 0 spiro atoms. The topological polar surface area (TPSA) is 18.5 Å². The van der Waals surface area contributed by atoms with Gasteiger partial charge in [-0.25, -0.2) is 0 Å². The van der Waals surface area contributed by atoms with Crippen LogP contribution in [-0.4, -0.2) is 13.2 Å². The quantitative estimate of drug-likeness (QED) is 0.664. The fourth-order valence-corrected chi connectivity index (χ4v) is 4.02. The standard InChI is InChI=1S/C7H7.2C3H7O.Ti/c1-7-5-3-2-4-6-7;2*1-2-3-4;/h2-6H,1H2;2*2-3H2,1H3;/q;2*-1;+2. The molecule has 1 aromatic carbocycles. The van der Waals surface area contributed by atoms with Crippen LogP contribution < -0.4 is 0 Å². The van der Waals surface area contributed by atoms with Crippen LogP contribution >= 0.6 is 0 Å². The molecule has 0 bridgehead atoms. The van der Waals surface area contributed by atoms with E-state index in [1.165, 1.54) is 5.56 Å². The van der Waals surface area contributed by atoms with Gasteiger partial charge in [0.25, 0.3) is 0 Å². The molecule has 0 aliphatic rings. The Bertz CT molecular complexity index is 256. The Kier molecular flexibility index (Phi) is 7.78. The number of hydrogen-bond donors (Lipinski definition) is 0. The van der Waals surface area contributed by atoms with Gasteiger partial charge in [0.15, 0.2) is 0 Å². The normalized spacial score (nSPS) is 10.4. The van der Waals surface area contributed by atoms with Crippen molar-refractivity contribution in [1.29, 1.82) is 0 Å². The molecule has 0 aliphatic heterocycles. The van der Waals surface area contributed by atoms with Crippen LogP contribution in [0.15, 0.2) is 30.3 Å². The van der Waals surface area contributed by atoms with E-state index in [1.807, 2.05) is 6.07 Å². The van der Waals surface area contributed by atoms with Crippen molar-refractivity contribution in [2.75, 3.05) is 13.2 Å². The zero-order valence-electron chi connectivity index (χ0n) is 10.2. The molecule has 0 radical (unpaired) electrons. The minimum atomic E-state index is -1.78. The Labute approximate surface area is 106 Å². The first-order valence-corrected chi connectivity index (χ1v) is 8.40. The second-order valence-electron chi connectivity index (χ2n) is 3.73. The molecule has 1 aromatic rings. The summed E-state index contributed by atoms with van der Waals surface area (Å²) in [5.74, 6) is 0. The number of hydrogen-bond acceptors (Lipinski definition) is 2. The maximum absolute atomic E-state index is 5.84. The van der Waals surface area contributed by atoms with Crippen LogP contribution in [0, 0.1) is 0 Å². The zero-order chi connectivity index (χ0) is 11.6. The van der Waals surface area contributed by atoms with Crippen molar-refractivity contribution in [3.05, 3.63) is 35.9 Å². The Morgan fingerprint density at radius 1 is 0.938 bits per heavy atom. The SMILES string of the molecule is CCC[O][Ti]([CH2]c1ccccc1)[O]CCC. The summed E-state index contributed by atoms with van der Waals surface area (Å²) in [6.07, 6.45) is 2.14. The van der Waals surface area contributed by atoms with Crippen LogP contribution in [0.3, 0.4) is 0 Å². The fraction of sp³-hybridized carbons (Fsp3) is 0.538. The number of benzene rings is 1. The predicted octanol–water partition coefficient (Wildman–Crippen LogP) is 3.49. The summed E-state index contributed by atoms with van der Waals surface area (Å²) in [6.45, 7) is 5.95. The first-order chi connectivity index (χ1) is 7.86. The molecule has 16 heavy (non-hydrogen) atoms. The molecule has 0 aliphatic carbocycles.